The van der Waals surface area contributed by atoms with Crippen molar-refractivity contribution in [1.29, 1.82) is 0 Å². The molecule has 1 heterocycles. The topological polar surface area (TPSA) is 51.6 Å². The number of anilines is 1. The summed E-state index contributed by atoms with van der Waals surface area (Å²) in [6, 6.07) is 12.3. The van der Waals surface area contributed by atoms with Gasteiger partial charge in [0.25, 0.3) is 0 Å². The second-order valence-corrected chi connectivity index (χ2v) is 5.55. The van der Waals surface area contributed by atoms with E-state index in [0.29, 0.717) is 0 Å². The minimum atomic E-state index is 0.727. The fraction of sp³-hybridized carbons (Fsp3) is 0.412. The molecule has 2 aromatic rings. The molecule has 3 rings (SSSR count). The van der Waals surface area contributed by atoms with Gasteiger partial charge in [-0.2, -0.15) is 0 Å². The van der Waals surface area contributed by atoms with Gasteiger partial charge in [-0.1, -0.05) is 0 Å². The number of nitrogen functional groups attached to an aromatic ring is 1. The van der Waals surface area contributed by atoms with Gasteiger partial charge in [-0.25, -0.2) is 0 Å². The molecule has 4 nitrogen and oxygen atoms in total. The molecule has 0 atom stereocenters. The number of ether oxygens (including phenoxy) is 1. The molecule has 2 N–H and O–H groups in total. The van der Waals surface area contributed by atoms with Crippen molar-refractivity contribution in [1.82, 2.24) is 4.90 Å². The lowest BCUT2D eigenvalue weighted by Crippen LogP contribution is -2.27. The second kappa shape index (κ2) is 6.68. The van der Waals surface area contributed by atoms with E-state index in [0.717, 1.165) is 49.4 Å². The summed E-state index contributed by atoms with van der Waals surface area (Å²) in [5.74, 6) is 1.93. The van der Waals surface area contributed by atoms with Crippen LogP contribution in [0.15, 0.2) is 47.1 Å². The maximum Gasteiger partial charge on any atom is 0.119 e. The van der Waals surface area contributed by atoms with Crippen molar-refractivity contribution in [3.8, 4) is 5.75 Å². The molecule has 21 heavy (non-hydrogen) atoms. The third-order valence-electron chi connectivity index (χ3n) is 3.74. The largest absolute Gasteiger partial charge is 0.494 e. The van der Waals surface area contributed by atoms with Gasteiger partial charge in [-0.3, -0.25) is 4.90 Å². The van der Waals surface area contributed by atoms with Gasteiger partial charge >= 0.3 is 0 Å². The number of furan rings is 1. The van der Waals surface area contributed by atoms with Crippen LogP contribution >= 0.6 is 0 Å². The number of rotatable bonds is 8. The lowest BCUT2D eigenvalue weighted by molar-refractivity contribution is 0.207. The minimum absolute atomic E-state index is 0.727. The maximum absolute atomic E-state index is 5.74. The molecule has 0 aliphatic heterocycles. The van der Waals surface area contributed by atoms with Crippen LogP contribution in [0.5, 0.6) is 5.75 Å². The molecule has 4 heteroatoms. The summed E-state index contributed by atoms with van der Waals surface area (Å²) in [4.78, 5) is 2.49. The number of hydrogen-bond acceptors (Lipinski definition) is 4. The van der Waals surface area contributed by atoms with Crippen LogP contribution in [0.2, 0.25) is 0 Å². The monoisotopic (exact) mass is 286 g/mol. The summed E-state index contributed by atoms with van der Waals surface area (Å²) >= 11 is 0. The molecule has 0 amide bonds. The van der Waals surface area contributed by atoms with Gasteiger partial charge in [-0.15, -0.1) is 0 Å². The van der Waals surface area contributed by atoms with Gasteiger partial charge in [0.1, 0.15) is 11.5 Å². The molecule has 1 aliphatic carbocycles. The Morgan fingerprint density at radius 2 is 2.00 bits per heavy atom. The Bertz CT molecular complexity index is 532. The zero-order chi connectivity index (χ0) is 14.5. The molecule has 112 valence electrons. The van der Waals surface area contributed by atoms with E-state index in [-0.39, 0.29) is 0 Å². The van der Waals surface area contributed by atoms with Crippen LogP contribution in [-0.2, 0) is 6.54 Å². The molecule has 1 aromatic carbocycles. The average molecular weight is 286 g/mol. The van der Waals surface area contributed by atoms with E-state index < -0.39 is 0 Å². The quantitative estimate of drug-likeness (QED) is 0.597. The van der Waals surface area contributed by atoms with Crippen molar-refractivity contribution in [2.75, 3.05) is 18.9 Å². The van der Waals surface area contributed by atoms with Gasteiger partial charge in [0.15, 0.2) is 0 Å². The lowest BCUT2D eigenvalue weighted by Gasteiger charge is -2.20. The van der Waals surface area contributed by atoms with E-state index in [1.165, 1.54) is 12.8 Å². The maximum atomic E-state index is 5.74. The van der Waals surface area contributed by atoms with E-state index in [4.69, 9.17) is 14.9 Å². The Hall–Kier alpha value is -1.94. The first-order chi connectivity index (χ1) is 10.3. The molecular weight excluding hydrogens is 264 g/mol. The Morgan fingerprint density at radius 3 is 2.67 bits per heavy atom. The first kappa shape index (κ1) is 14.0. The van der Waals surface area contributed by atoms with Gasteiger partial charge < -0.3 is 14.9 Å². The third kappa shape index (κ3) is 4.26. The number of benzene rings is 1. The van der Waals surface area contributed by atoms with E-state index in [9.17, 15) is 0 Å². The zero-order valence-electron chi connectivity index (χ0n) is 12.2. The van der Waals surface area contributed by atoms with Crippen molar-refractivity contribution in [3.05, 3.63) is 48.4 Å². The Balaban J connectivity index is 1.41. The first-order valence-corrected chi connectivity index (χ1v) is 7.56. The standard InChI is InChI=1S/C17H22N2O2/c18-14-4-8-16(9-5-14)20-12-2-10-19(15-6-7-15)13-17-3-1-11-21-17/h1,3-5,8-9,11,15H,2,6-7,10,12-13,18H2. The van der Waals surface area contributed by atoms with Gasteiger partial charge in [0.2, 0.25) is 0 Å². The average Bonchev–Trinajstić information content (AvgIpc) is 3.22. The van der Waals surface area contributed by atoms with Crippen LogP contribution in [0.25, 0.3) is 0 Å². The summed E-state index contributed by atoms with van der Waals surface area (Å²) in [6.07, 6.45) is 5.37. The van der Waals surface area contributed by atoms with Gasteiger partial charge in [-0.05, 0) is 55.7 Å². The second-order valence-electron chi connectivity index (χ2n) is 5.55. The fourth-order valence-corrected chi connectivity index (χ4v) is 2.45. The molecule has 1 aromatic heterocycles. The molecule has 1 aliphatic rings. The van der Waals surface area contributed by atoms with Gasteiger partial charge in [0.05, 0.1) is 19.4 Å². The number of nitrogens with two attached hydrogens (primary N) is 1. The highest BCUT2D eigenvalue weighted by Crippen LogP contribution is 2.28. The highest BCUT2D eigenvalue weighted by Gasteiger charge is 2.28. The van der Waals surface area contributed by atoms with E-state index in [1.807, 2.05) is 36.4 Å². The normalized spacial score (nSPS) is 14.5. The van der Waals surface area contributed by atoms with Crippen LogP contribution in [-0.4, -0.2) is 24.1 Å². The Kier molecular flexibility index (Phi) is 4.46. The number of hydrogen-bond donors (Lipinski definition) is 1. The van der Waals surface area contributed by atoms with Crippen molar-refractivity contribution < 1.29 is 9.15 Å². The highest BCUT2D eigenvalue weighted by molar-refractivity contribution is 5.41. The molecule has 1 fully saturated rings. The predicted octanol–water partition coefficient (Wildman–Crippen LogP) is 3.30. The van der Waals surface area contributed by atoms with E-state index in [1.54, 1.807) is 6.26 Å². The first-order valence-electron chi connectivity index (χ1n) is 7.56. The molecule has 0 bridgehead atoms. The van der Waals surface area contributed by atoms with Crippen LogP contribution in [0, 0.1) is 0 Å². The number of nitrogens with zero attached hydrogens (tertiary/aromatic N) is 1. The van der Waals surface area contributed by atoms with Crippen LogP contribution in [0.3, 0.4) is 0 Å². The molecule has 0 radical (unpaired) electrons. The summed E-state index contributed by atoms with van der Waals surface area (Å²) in [6.45, 7) is 2.67. The summed E-state index contributed by atoms with van der Waals surface area (Å²) in [5.41, 5.74) is 6.42. The Morgan fingerprint density at radius 1 is 1.19 bits per heavy atom. The third-order valence-corrected chi connectivity index (χ3v) is 3.74. The summed E-state index contributed by atoms with van der Waals surface area (Å²) in [5, 5.41) is 0. The molecule has 0 saturated heterocycles. The van der Waals surface area contributed by atoms with Crippen molar-refractivity contribution in [2.24, 2.45) is 0 Å². The Labute approximate surface area is 125 Å². The SMILES string of the molecule is Nc1ccc(OCCCN(Cc2ccco2)C2CC2)cc1. The van der Waals surface area contributed by atoms with Crippen molar-refractivity contribution in [3.63, 3.8) is 0 Å². The molecule has 0 unspecified atom stereocenters. The van der Waals surface area contributed by atoms with E-state index in [2.05, 4.69) is 4.90 Å². The minimum Gasteiger partial charge on any atom is -0.494 e. The predicted molar refractivity (Wildman–Crippen MR) is 83.1 cm³/mol. The summed E-state index contributed by atoms with van der Waals surface area (Å²) in [7, 11) is 0. The molecule has 1 saturated carbocycles. The lowest BCUT2D eigenvalue weighted by atomic mass is 10.3. The smallest absolute Gasteiger partial charge is 0.119 e. The van der Waals surface area contributed by atoms with Crippen LogP contribution in [0.1, 0.15) is 25.0 Å². The zero-order valence-corrected chi connectivity index (χ0v) is 12.2. The highest BCUT2D eigenvalue weighted by atomic mass is 16.5. The molecular formula is C17H22N2O2. The molecule has 0 spiro atoms. The van der Waals surface area contributed by atoms with Crippen LogP contribution in [0.4, 0.5) is 5.69 Å². The van der Waals surface area contributed by atoms with Crippen molar-refractivity contribution in [2.45, 2.75) is 31.8 Å². The van der Waals surface area contributed by atoms with Gasteiger partial charge in [0, 0.05) is 18.3 Å². The van der Waals surface area contributed by atoms with E-state index >= 15 is 0 Å². The fourth-order valence-electron chi connectivity index (χ4n) is 2.45. The van der Waals surface area contributed by atoms with Crippen LogP contribution < -0.4 is 10.5 Å². The summed E-state index contributed by atoms with van der Waals surface area (Å²) < 4.78 is 11.2. The van der Waals surface area contributed by atoms with Crippen molar-refractivity contribution >= 4 is 5.69 Å².